The largest absolute Gasteiger partial charge is 0.454 e. The molecule has 2 aliphatic heterocycles. The third-order valence-electron chi connectivity index (χ3n) is 5.58. The molecule has 158 valence electrons. The first-order valence-electron chi connectivity index (χ1n) is 10.4. The van der Waals surface area contributed by atoms with Crippen molar-refractivity contribution in [1.82, 2.24) is 5.32 Å². The zero-order chi connectivity index (χ0) is 20.9. The molecule has 0 radical (unpaired) electrons. The summed E-state index contributed by atoms with van der Waals surface area (Å²) >= 11 is 0. The maximum Gasteiger partial charge on any atom is 0.231 e. The molecule has 30 heavy (non-hydrogen) atoms. The predicted octanol–water partition coefficient (Wildman–Crippen LogP) is 2.80. The molecule has 1 atom stereocenters. The molecule has 1 saturated heterocycles. The van der Waals surface area contributed by atoms with E-state index in [0.717, 1.165) is 25.1 Å². The third-order valence-corrected chi connectivity index (χ3v) is 5.58. The van der Waals surface area contributed by atoms with Gasteiger partial charge in [0, 0.05) is 50.5 Å². The van der Waals surface area contributed by atoms with Gasteiger partial charge in [0.15, 0.2) is 11.5 Å². The van der Waals surface area contributed by atoms with Crippen LogP contribution < -0.4 is 24.6 Å². The predicted molar refractivity (Wildman–Crippen MR) is 115 cm³/mol. The van der Waals surface area contributed by atoms with E-state index in [4.69, 9.17) is 9.47 Å². The van der Waals surface area contributed by atoms with Crippen molar-refractivity contribution in [2.75, 3.05) is 43.3 Å². The van der Waals surface area contributed by atoms with Crippen molar-refractivity contribution in [3.63, 3.8) is 0 Å². The molecule has 7 nitrogen and oxygen atoms in total. The summed E-state index contributed by atoms with van der Waals surface area (Å²) in [5.41, 5.74) is 1.93. The van der Waals surface area contributed by atoms with E-state index in [2.05, 4.69) is 29.4 Å². The van der Waals surface area contributed by atoms with Gasteiger partial charge in [0.2, 0.25) is 18.6 Å². The summed E-state index contributed by atoms with van der Waals surface area (Å²) in [5.74, 6) is 0.891. The number of fused-ring (bicyclic) bond motifs is 1. The van der Waals surface area contributed by atoms with Gasteiger partial charge in [0.05, 0.1) is 5.92 Å². The Kier molecular flexibility index (Phi) is 6.07. The van der Waals surface area contributed by atoms with E-state index in [1.807, 2.05) is 24.3 Å². The molecule has 2 aliphatic rings. The lowest BCUT2D eigenvalue weighted by atomic mass is 10.1. The summed E-state index contributed by atoms with van der Waals surface area (Å²) in [7, 11) is 2.07. The molecule has 0 aromatic heterocycles. The monoisotopic (exact) mass is 409 g/mol. The summed E-state index contributed by atoms with van der Waals surface area (Å²) in [5, 5.41) is 2.99. The van der Waals surface area contributed by atoms with E-state index in [1.54, 1.807) is 17.0 Å². The summed E-state index contributed by atoms with van der Waals surface area (Å²) < 4.78 is 10.7. The number of ether oxygens (including phenoxy) is 2. The highest BCUT2D eigenvalue weighted by atomic mass is 16.7. The summed E-state index contributed by atoms with van der Waals surface area (Å²) in [6, 6.07) is 15.7. The fraction of sp³-hybridized carbons (Fsp3) is 0.391. The second-order valence-corrected chi connectivity index (χ2v) is 7.70. The van der Waals surface area contributed by atoms with Crippen LogP contribution in [-0.2, 0) is 9.59 Å². The molecule has 2 aromatic rings. The first-order chi connectivity index (χ1) is 14.6. The third kappa shape index (κ3) is 4.50. The van der Waals surface area contributed by atoms with Gasteiger partial charge in [-0.1, -0.05) is 18.2 Å². The maximum atomic E-state index is 12.5. The van der Waals surface area contributed by atoms with Crippen LogP contribution in [0.2, 0.25) is 0 Å². The first-order valence-corrected chi connectivity index (χ1v) is 10.4. The van der Waals surface area contributed by atoms with E-state index in [-0.39, 0.29) is 30.9 Å². The molecule has 0 bridgehead atoms. The number of para-hydroxylation sites is 1. The Hall–Kier alpha value is -3.22. The molecular formula is C23H27N3O4. The van der Waals surface area contributed by atoms with Crippen LogP contribution in [0, 0.1) is 5.92 Å². The van der Waals surface area contributed by atoms with Gasteiger partial charge in [-0.2, -0.15) is 0 Å². The number of unbranched alkanes of at least 4 members (excludes halogenated alkanes) is 1. The molecule has 2 heterocycles. The zero-order valence-corrected chi connectivity index (χ0v) is 17.2. The average molecular weight is 409 g/mol. The lowest BCUT2D eigenvalue weighted by Crippen LogP contribution is -2.33. The van der Waals surface area contributed by atoms with E-state index in [1.165, 1.54) is 5.69 Å². The van der Waals surface area contributed by atoms with Gasteiger partial charge in [-0.15, -0.1) is 0 Å². The van der Waals surface area contributed by atoms with Gasteiger partial charge in [-0.25, -0.2) is 0 Å². The van der Waals surface area contributed by atoms with Crippen LogP contribution >= 0.6 is 0 Å². The molecule has 2 aromatic carbocycles. The Morgan fingerprint density at radius 1 is 1.13 bits per heavy atom. The van der Waals surface area contributed by atoms with Crippen LogP contribution in [0.15, 0.2) is 48.5 Å². The first kappa shape index (κ1) is 20.1. The molecule has 7 heteroatoms. The quantitative estimate of drug-likeness (QED) is 0.679. The molecule has 0 aliphatic carbocycles. The standard InChI is InChI=1S/C23H27N3O4/c1-25(18-7-3-2-4-8-18)12-6-5-11-24-23(28)17-13-22(27)26(15-17)19-9-10-20-21(14-19)30-16-29-20/h2-4,7-10,14,17H,5-6,11-13,15-16H2,1H3,(H,24,28). The normalized spacial score (nSPS) is 17.3. The Morgan fingerprint density at radius 3 is 2.77 bits per heavy atom. The number of nitrogens with zero attached hydrogens (tertiary/aromatic N) is 2. The second-order valence-electron chi connectivity index (χ2n) is 7.70. The minimum absolute atomic E-state index is 0.0431. The van der Waals surface area contributed by atoms with Gasteiger partial charge < -0.3 is 24.6 Å². The molecular weight excluding hydrogens is 382 g/mol. The van der Waals surface area contributed by atoms with Gasteiger partial charge >= 0.3 is 0 Å². The molecule has 0 saturated carbocycles. The fourth-order valence-electron chi connectivity index (χ4n) is 3.83. The number of anilines is 2. The van der Waals surface area contributed by atoms with Crippen LogP contribution in [0.1, 0.15) is 19.3 Å². The van der Waals surface area contributed by atoms with E-state index in [9.17, 15) is 9.59 Å². The fourth-order valence-corrected chi connectivity index (χ4v) is 3.83. The Labute approximate surface area is 176 Å². The van der Waals surface area contributed by atoms with Crippen LogP contribution in [0.5, 0.6) is 11.5 Å². The number of hydrogen-bond acceptors (Lipinski definition) is 5. The number of carbonyl (C=O) groups is 2. The number of rotatable bonds is 8. The SMILES string of the molecule is CN(CCCCNC(=O)C1CC(=O)N(c2ccc3c(c2)OCO3)C1)c1ccccc1. The van der Waals surface area contributed by atoms with Crippen molar-refractivity contribution >= 4 is 23.2 Å². The highest BCUT2D eigenvalue weighted by Gasteiger charge is 2.35. The number of benzene rings is 2. The van der Waals surface area contributed by atoms with Gasteiger partial charge in [0.25, 0.3) is 0 Å². The molecule has 1 unspecified atom stereocenters. The Bertz CT molecular complexity index is 903. The van der Waals surface area contributed by atoms with Crippen molar-refractivity contribution in [1.29, 1.82) is 0 Å². The van der Waals surface area contributed by atoms with Gasteiger partial charge in [-0.05, 0) is 37.1 Å². The van der Waals surface area contributed by atoms with Crippen molar-refractivity contribution in [3.05, 3.63) is 48.5 Å². The topological polar surface area (TPSA) is 71.1 Å². The summed E-state index contributed by atoms with van der Waals surface area (Å²) in [4.78, 5) is 28.8. The second kappa shape index (κ2) is 9.07. The Morgan fingerprint density at radius 2 is 1.93 bits per heavy atom. The number of hydrogen-bond donors (Lipinski definition) is 1. The molecule has 2 amide bonds. The van der Waals surface area contributed by atoms with Crippen LogP contribution in [0.3, 0.4) is 0 Å². The molecule has 4 rings (SSSR count). The molecule has 1 fully saturated rings. The number of carbonyl (C=O) groups excluding carboxylic acids is 2. The lowest BCUT2D eigenvalue weighted by molar-refractivity contribution is -0.126. The maximum absolute atomic E-state index is 12.5. The van der Waals surface area contributed by atoms with E-state index in [0.29, 0.717) is 24.6 Å². The average Bonchev–Trinajstić information content (AvgIpc) is 3.39. The van der Waals surface area contributed by atoms with E-state index >= 15 is 0 Å². The van der Waals surface area contributed by atoms with Crippen LogP contribution in [0.25, 0.3) is 0 Å². The Balaban J connectivity index is 1.20. The zero-order valence-electron chi connectivity index (χ0n) is 17.2. The molecule has 1 N–H and O–H groups in total. The smallest absolute Gasteiger partial charge is 0.231 e. The lowest BCUT2D eigenvalue weighted by Gasteiger charge is -2.19. The van der Waals surface area contributed by atoms with Crippen LogP contribution in [-0.4, -0.2) is 45.3 Å². The minimum Gasteiger partial charge on any atom is -0.454 e. The highest BCUT2D eigenvalue weighted by molar-refractivity contribution is 6.00. The summed E-state index contributed by atoms with van der Waals surface area (Å²) in [6.07, 6.45) is 2.12. The van der Waals surface area contributed by atoms with Crippen molar-refractivity contribution < 1.29 is 19.1 Å². The van der Waals surface area contributed by atoms with Crippen LogP contribution in [0.4, 0.5) is 11.4 Å². The van der Waals surface area contributed by atoms with Crippen molar-refractivity contribution in [2.24, 2.45) is 5.92 Å². The van der Waals surface area contributed by atoms with Gasteiger partial charge in [-0.3, -0.25) is 9.59 Å². The highest BCUT2D eigenvalue weighted by Crippen LogP contribution is 2.37. The van der Waals surface area contributed by atoms with E-state index < -0.39 is 0 Å². The van der Waals surface area contributed by atoms with Crippen molar-refractivity contribution in [3.8, 4) is 11.5 Å². The number of nitrogens with one attached hydrogen (secondary N) is 1. The van der Waals surface area contributed by atoms with Crippen molar-refractivity contribution in [2.45, 2.75) is 19.3 Å². The summed E-state index contributed by atoms with van der Waals surface area (Å²) in [6.45, 7) is 2.13. The minimum atomic E-state index is -0.324. The van der Waals surface area contributed by atoms with Gasteiger partial charge in [0.1, 0.15) is 0 Å². The number of amides is 2. The molecule has 0 spiro atoms.